The van der Waals surface area contributed by atoms with E-state index in [9.17, 15) is 4.79 Å². The van der Waals surface area contributed by atoms with Crippen molar-refractivity contribution in [1.29, 1.82) is 0 Å². The van der Waals surface area contributed by atoms with Crippen molar-refractivity contribution in [3.05, 3.63) is 40.9 Å². The highest BCUT2D eigenvalue weighted by atomic mass is 35.5. The van der Waals surface area contributed by atoms with Gasteiger partial charge in [-0.3, -0.25) is 4.57 Å². The van der Waals surface area contributed by atoms with Crippen molar-refractivity contribution in [2.24, 2.45) is 0 Å². The van der Waals surface area contributed by atoms with E-state index in [1.807, 2.05) is 0 Å². The average Bonchev–Trinajstić information content (AvgIpc) is 2.72. The van der Waals surface area contributed by atoms with Crippen LogP contribution in [0.4, 0.5) is 0 Å². The number of rotatable bonds is 1. The SMILES string of the molecule is O=C(O)c1ncn2c1COc1cc(Cl)ccc1-2. The third-order valence-electron chi connectivity index (χ3n) is 2.61. The van der Waals surface area contributed by atoms with E-state index in [2.05, 4.69) is 4.98 Å². The molecule has 86 valence electrons. The first-order valence-corrected chi connectivity index (χ1v) is 5.27. The highest BCUT2D eigenvalue weighted by Gasteiger charge is 2.24. The van der Waals surface area contributed by atoms with E-state index in [1.54, 1.807) is 22.8 Å². The molecule has 1 aromatic carbocycles. The van der Waals surface area contributed by atoms with E-state index in [0.717, 1.165) is 5.69 Å². The molecule has 2 heterocycles. The lowest BCUT2D eigenvalue weighted by Crippen LogP contribution is -2.14. The Labute approximate surface area is 101 Å². The third kappa shape index (κ3) is 1.47. The molecule has 0 spiro atoms. The molecule has 5 nitrogen and oxygen atoms in total. The van der Waals surface area contributed by atoms with Gasteiger partial charge in [0.15, 0.2) is 5.69 Å². The minimum Gasteiger partial charge on any atom is -0.485 e. The summed E-state index contributed by atoms with van der Waals surface area (Å²) in [6, 6.07) is 5.19. The van der Waals surface area contributed by atoms with Gasteiger partial charge in [0.1, 0.15) is 18.7 Å². The first kappa shape index (κ1) is 10.2. The summed E-state index contributed by atoms with van der Waals surface area (Å²) in [6.07, 6.45) is 1.48. The number of hydrogen-bond acceptors (Lipinski definition) is 3. The summed E-state index contributed by atoms with van der Waals surface area (Å²) in [5, 5.41) is 9.54. The van der Waals surface area contributed by atoms with Gasteiger partial charge >= 0.3 is 5.97 Å². The van der Waals surface area contributed by atoms with Crippen LogP contribution in [0, 0.1) is 0 Å². The predicted octanol–water partition coefficient (Wildman–Crippen LogP) is 2.12. The lowest BCUT2D eigenvalue weighted by atomic mass is 10.2. The van der Waals surface area contributed by atoms with Gasteiger partial charge < -0.3 is 9.84 Å². The molecule has 3 rings (SSSR count). The number of fused-ring (bicyclic) bond motifs is 3. The minimum absolute atomic E-state index is 0.0191. The number of ether oxygens (including phenoxy) is 1. The molecular formula is C11H7ClN2O3. The fraction of sp³-hybridized carbons (Fsp3) is 0.0909. The van der Waals surface area contributed by atoms with Gasteiger partial charge in [-0.15, -0.1) is 0 Å². The first-order valence-electron chi connectivity index (χ1n) is 4.89. The summed E-state index contributed by atoms with van der Waals surface area (Å²) < 4.78 is 7.18. The zero-order valence-electron chi connectivity index (χ0n) is 8.55. The van der Waals surface area contributed by atoms with Crippen LogP contribution in [0.1, 0.15) is 16.2 Å². The Morgan fingerprint density at radius 2 is 2.35 bits per heavy atom. The van der Waals surface area contributed by atoms with E-state index < -0.39 is 5.97 Å². The van der Waals surface area contributed by atoms with Crippen LogP contribution in [0.3, 0.4) is 0 Å². The van der Waals surface area contributed by atoms with E-state index in [4.69, 9.17) is 21.4 Å². The quantitative estimate of drug-likeness (QED) is 0.842. The molecule has 1 N–H and O–H groups in total. The Morgan fingerprint density at radius 3 is 3.12 bits per heavy atom. The molecule has 1 aliphatic heterocycles. The zero-order chi connectivity index (χ0) is 12.0. The van der Waals surface area contributed by atoms with Gasteiger partial charge in [0.2, 0.25) is 0 Å². The largest absolute Gasteiger partial charge is 0.485 e. The molecule has 1 aliphatic rings. The van der Waals surface area contributed by atoms with Crippen LogP contribution in [0.5, 0.6) is 5.75 Å². The summed E-state index contributed by atoms with van der Waals surface area (Å²) in [5.74, 6) is -0.431. The molecule has 0 aliphatic carbocycles. The Morgan fingerprint density at radius 1 is 1.53 bits per heavy atom. The van der Waals surface area contributed by atoms with E-state index in [1.165, 1.54) is 6.33 Å². The number of carbonyl (C=O) groups is 1. The van der Waals surface area contributed by atoms with Gasteiger partial charge in [0, 0.05) is 11.1 Å². The fourth-order valence-electron chi connectivity index (χ4n) is 1.85. The van der Waals surface area contributed by atoms with Crippen molar-refractivity contribution in [2.75, 3.05) is 0 Å². The minimum atomic E-state index is -1.06. The van der Waals surface area contributed by atoms with E-state index >= 15 is 0 Å². The van der Waals surface area contributed by atoms with Crippen molar-refractivity contribution in [3.63, 3.8) is 0 Å². The second-order valence-corrected chi connectivity index (χ2v) is 4.05. The van der Waals surface area contributed by atoms with Crippen molar-refractivity contribution in [1.82, 2.24) is 9.55 Å². The topological polar surface area (TPSA) is 64.3 Å². The first-order chi connectivity index (χ1) is 8.16. The molecule has 2 aromatic rings. The maximum Gasteiger partial charge on any atom is 0.356 e. The molecule has 0 bridgehead atoms. The molecule has 1 aromatic heterocycles. The zero-order valence-corrected chi connectivity index (χ0v) is 9.31. The lowest BCUT2D eigenvalue weighted by Gasteiger charge is -2.20. The van der Waals surface area contributed by atoms with E-state index in [0.29, 0.717) is 16.5 Å². The van der Waals surface area contributed by atoms with Crippen LogP contribution in [0.2, 0.25) is 5.02 Å². The maximum absolute atomic E-state index is 10.9. The Balaban J connectivity index is 2.21. The molecule has 0 radical (unpaired) electrons. The Hall–Kier alpha value is -2.01. The van der Waals surface area contributed by atoms with Gasteiger partial charge in [0.05, 0.1) is 11.4 Å². The number of carboxylic acids is 1. The van der Waals surface area contributed by atoms with Gasteiger partial charge in [-0.25, -0.2) is 9.78 Å². The standard InChI is InChI=1S/C11H7ClN2O3/c12-6-1-2-7-9(3-6)17-4-8-10(11(15)16)13-5-14(7)8/h1-3,5H,4H2,(H,15,16). The summed E-state index contributed by atoms with van der Waals surface area (Å²) in [5.41, 5.74) is 1.30. The summed E-state index contributed by atoms with van der Waals surface area (Å²) in [4.78, 5) is 14.8. The van der Waals surface area contributed by atoms with Gasteiger partial charge in [-0.1, -0.05) is 11.6 Å². The summed E-state index contributed by atoms with van der Waals surface area (Å²) >= 11 is 5.86. The Bertz CT molecular complexity index is 621. The second-order valence-electron chi connectivity index (χ2n) is 3.62. The monoisotopic (exact) mass is 250 g/mol. The van der Waals surface area contributed by atoms with Crippen LogP contribution in [-0.2, 0) is 6.61 Å². The molecule has 0 amide bonds. The van der Waals surface area contributed by atoms with Crippen LogP contribution >= 0.6 is 11.6 Å². The van der Waals surface area contributed by atoms with Gasteiger partial charge in [-0.2, -0.15) is 0 Å². The van der Waals surface area contributed by atoms with E-state index in [-0.39, 0.29) is 12.3 Å². The number of benzene rings is 1. The third-order valence-corrected chi connectivity index (χ3v) is 2.85. The molecule has 0 unspecified atom stereocenters. The molecule has 17 heavy (non-hydrogen) atoms. The molecular weight excluding hydrogens is 244 g/mol. The average molecular weight is 251 g/mol. The molecule has 0 fully saturated rings. The highest BCUT2D eigenvalue weighted by Crippen LogP contribution is 2.32. The van der Waals surface area contributed by atoms with Gasteiger partial charge in [-0.05, 0) is 12.1 Å². The smallest absolute Gasteiger partial charge is 0.356 e. The molecule has 6 heteroatoms. The fourth-order valence-corrected chi connectivity index (χ4v) is 2.01. The number of imidazole rings is 1. The number of aromatic nitrogens is 2. The van der Waals surface area contributed by atoms with Crippen molar-refractivity contribution in [3.8, 4) is 11.4 Å². The van der Waals surface area contributed by atoms with Crippen LogP contribution in [0.15, 0.2) is 24.5 Å². The van der Waals surface area contributed by atoms with Gasteiger partial charge in [0.25, 0.3) is 0 Å². The lowest BCUT2D eigenvalue weighted by molar-refractivity contribution is 0.0687. The summed E-state index contributed by atoms with van der Waals surface area (Å²) in [6.45, 7) is 0.176. The highest BCUT2D eigenvalue weighted by molar-refractivity contribution is 6.30. The molecule has 0 saturated heterocycles. The second kappa shape index (κ2) is 3.49. The van der Waals surface area contributed by atoms with Crippen LogP contribution in [0.25, 0.3) is 5.69 Å². The number of aromatic carboxylic acids is 1. The van der Waals surface area contributed by atoms with Crippen LogP contribution in [-0.4, -0.2) is 20.6 Å². The van der Waals surface area contributed by atoms with Crippen LogP contribution < -0.4 is 4.74 Å². The molecule has 0 atom stereocenters. The summed E-state index contributed by atoms with van der Waals surface area (Å²) in [7, 11) is 0. The van der Waals surface area contributed by atoms with Crippen molar-refractivity contribution < 1.29 is 14.6 Å². The van der Waals surface area contributed by atoms with Crippen molar-refractivity contribution in [2.45, 2.75) is 6.61 Å². The predicted molar refractivity (Wildman–Crippen MR) is 59.9 cm³/mol. The maximum atomic E-state index is 10.9. The number of nitrogens with zero attached hydrogens (tertiary/aromatic N) is 2. The number of hydrogen-bond donors (Lipinski definition) is 1. The van der Waals surface area contributed by atoms with Crippen molar-refractivity contribution >= 4 is 17.6 Å². The Kier molecular flexibility index (Phi) is 2.09. The normalized spacial score (nSPS) is 12.5. The number of halogens is 1. The number of carboxylic acid groups (broad SMARTS) is 1. The molecule has 0 saturated carbocycles.